The molecule has 0 saturated heterocycles. The molecule has 0 aromatic rings. The first-order valence-electron chi connectivity index (χ1n) is 53.8. The van der Waals surface area contributed by atoms with Crippen LogP contribution in [0.2, 0.25) is 0 Å². The molecule has 1 amide bonds. The number of nitrogens with one attached hydrogen (secondary N) is 1. The predicted octanol–water partition coefficient (Wildman–Crippen LogP) is 19.4. The number of hydrogen-bond acceptors (Lipinski definition) is 39. The summed E-state index contributed by atoms with van der Waals surface area (Å²) in [6, 6.07) is 0. The summed E-state index contributed by atoms with van der Waals surface area (Å²) in [5.41, 5.74) is 0. The summed E-state index contributed by atoms with van der Waals surface area (Å²) in [6.07, 6.45) is 41.8. The molecule has 7 unspecified atom stereocenters. The van der Waals surface area contributed by atoms with E-state index < -0.39 is 38.0 Å². The lowest BCUT2D eigenvalue weighted by molar-refractivity contribution is -0.215. The van der Waals surface area contributed by atoms with Gasteiger partial charge >= 0.3 is 38.0 Å². The summed E-state index contributed by atoms with van der Waals surface area (Å²) in [7, 11) is -12.3. The number of rotatable bonds is 119. The van der Waals surface area contributed by atoms with Crippen LogP contribution in [0.4, 0.5) is 0 Å². The minimum atomic E-state index is -3.33. The predicted molar refractivity (Wildman–Crippen MR) is 560 cm³/mol. The molecule has 7 atom stereocenters. The van der Waals surface area contributed by atoms with Crippen molar-refractivity contribution in [1.29, 1.82) is 0 Å². The van der Waals surface area contributed by atoms with Crippen LogP contribution in [0.1, 0.15) is 226 Å². The van der Waals surface area contributed by atoms with Gasteiger partial charge in [0.15, 0.2) is 0 Å². The van der Waals surface area contributed by atoms with Crippen molar-refractivity contribution >= 4 is 65.5 Å². The minimum absolute atomic E-state index is 0.0877. The molecule has 1 N–H and O–H groups in total. The van der Waals surface area contributed by atoms with E-state index >= 15 is 0 Å². The molecule has 0 aliphatic heterocycles. The van der Waals surface area contributed by atoms with Gasteiger partial charge in [-0.3, -0.25) is 27.6 Å². The minimum Gasteiger partial charge on any atom is -0.377 e. The van der Waals surface area contributed by atoms with E-state index in [0.29, 0.717) is 231 Å². The highest BCUT2D eigenvalue weighted by Crippen LogP contribution is 2.47. The van der Waals surface area contributed by atoms with Crippen molar-refractivity contribution in [1.82, 2.24) is 5.32 Å². The van der Waals surface area contributed by atoms with Crippen molar-refractivity contribution in [2.45, 2.75) is 226 Å². The van der Waals surface area contributed by atoms with Gasteiger partial charge in [0.25, 0.3) is 0 Å². The normalized spacial score (nSPS) is 17.4. The van der Waals surface area contributed by atoms with Crippen LogP contribution in [0.25, 0.3) is 0 Å². The molecule has 2 fully saturated rings. The van der Waals surface area contributed by atoms with Gasteiger partial charge in [-0.2, -0.15) is 0 Å². The van der Waals surface area contributed by atoms with Crippen LogP contribution in [0.15, 0.2) is 0 Å². The third-order valence-electron chi connectivity index (χ3n) is 22.6. The Balaban J connectivity index is 1.17. The zero-order valence-corrected chi connectivity index (χ0v) is 95.4. The van der Waals surface area contributed by atoms with Gasteiger partial charge in [0.1, 0.15) is 0 Å². The Kier molecular flexibility index (Phi) is 101. The third-order valence-corrected chi connectivity index (χ3v) is 31.4. The molecule has 2 aliphatic carbocycles. The zero-order chi connectivity index (χ0) is 103. The Bertz CT molecular complexity index is 2950. The number of carbonyl (C=O) groups is 1. The average Bonchev–Trinajstić information content (AvgIpc) is 1.85. The van der Waals surface area contributed by atoms with Crippen LogP contribution in [0.5, 0.6) is 0 Å². The van der Waals surface area contributed by atoms with Crippen LogP contribution in [-0.4, -0.2) is 388 Å². The monoisotopic (exact) mass is 2200 g/mol. The summed E-state index contributed by atoms with van der Waals surface area (Å²) >= 11 is 0. The summed E-state index contributed by atoms with van der Waals surface area (Å²) in [5.74, 6) is 5.43. The first kappa shape index (κ1) is 139. The Morgan fingerprint density at radius 2 is 0.448 bits per heavy atom. The smallest absolute Gasteiger partial charge is 0.355 e. The number of unbranched alkanes of at least 4 members (excludes halogenated alkanes) is 22. The van der Waals surface area contributed by atoms with Crippen LogP contribution < -0.4 is 5.32 Å². The number of hydrogen-bond donors (Lipinski definition) is 1. The van der Waals surface area contributed by atoms with Crippen LogP contribution >= 0.6 is 59.6 Å². The van der Waals surface area contributed by atoms with E-state index in [1.807, 2.05) is 21.6 Å². The van der Waals surface area contributed by atoms with Gasteiger partial charge in [0, 0.05) is 57.3 Å². The molecule has 0 aromatic carbocycles. The van der Waals surface area contributed by atoms with Crippen LogP contribution in [0.3, 0.4) is 0 Å². The molecule has 2 saturated carbocycles. The fraction of sp³-hybridized carbons (Fsp3) is 0.990. The van der Waals surface area contributed by atoms with Gasteiger partial charge in [0.05, 0.1) is 330 Å². The molecule has 0 bridgehead atoms. The van der Waals surface area contributed by atoms with Gasteiger partial charge in [-0.1, -0.05) is 177 Å². The molecule has 0 spiro atoms. The van der Waals surface area contributed by atoms with Crippen LogP contribution in [0, 0.1) is 23.7 Å². The molecule has 38 nitrogen and oxygen atoms in total. The molecule has 2 rings (SSSR count). The fourth-order valence-corrected chi connectivity index (χ4v) is 21.5. The first-order valence-corrected chi connectivity index (χ1v) is 66.2. The third kappa shape index (κ3) is 102. The maximum atomic E-state index is 12.7. The lowest BCUT2D eigenvalue weighted by Crippen LogP contribution is -2.34. The Labute approximate surface area is 869 Å². The highest BCUT2D eigenvalue weighted by molar-refractivity contribution is 8.76. The second-order valence-electron chi connectivity index (χ2n) is 35.7. The fourth-order valence-electron chi connectivity index (χ4n) is 14.8. The van der Waals surface area contributed by atoms with E-state index in [1.54, 1.807) is 0 Å². The quantitative estimate of drug-likeness (QED) is 0.0194. The first-order chi connectivity index (χ1) is 69.7. The lowest BCUT2D eigenvalue weighted by Gasteiger charge is -2.29. The summed E-state index contributed by atoms with van der Waals surface area (Å²) < 4.78 is 227. The Hall–Kier alpha value is 0.0800. The summed E-state index contributed by atoms with van der Waals surface area (Å²) in [4.78, 5) is 17.9. The SMILES string of the molecule is CCCCCCCCCCCCCCCCCCCSSCCCCCCOOP(C)(=O)OCCOCCOCCOCCOCCOCCOP(C)(=O)OCCOCCOCCOCCOCCOCCOP(C)(=O)OCCOCCOCCOCCOCCOCCOP(C)(=O)OCCOCCOCCOCCOCCOCCOP(C)(=O)OCCCCCCNC(=O)C1CCC(CC2CCC(C)C2)CC1. The van der Waals surface area contributed by atoms with Crippen molar-refractivity contribution in [3.63, 3.8) is 0 Å². The number of ether oxygens (including phenoxy) is 20. The standard InChI is InChI=1S/C98H198NO37P5S2/c1-8-9-10-11-12-13-14-15-16-17-18-19-20-21-22-26-31-90-142-143-91-32-27-25-29-40-126-136-141(7,105)135-89-81-125-73-65-117-57-49-109-48-56-116-64-72-124-80-88-134-140(6,104)133-87-79-123-71-63-115-55-47-108-46-54-114-62-70-122-78-86-132-139(5,103)131-85-77-121-69-61-113-53-45-107-44-52-112-60-68-120-76-84-130-138(4,102)129-83-75-119-67-59-111-51-43-106-42-50-110-58-66-118-74-82-128-137(3,101)127-41-30-24-23-28-39-99-98(100)97-37-35-95(36-38-97)93-96-34-33-94(2)92-96/h94-97H,8-93H2,1-7H3,(H,99,100). The Morgan fingerprint density at radius 1 is 0.238 bits per heavy atom. The van der Waals surface area contributed by atoms with E-state index in [0.717, 1.165) is 75.5 Å². The Morgan fingerprint density at radius 3 is 0.699 bits per heavy atom. The number of carbonyl (C=O) groups excluding carboxylic acids is 1. The molecular formula is C98H198NO37P5S2. The van der Waals surface area contributed by atoms with E-state index in [2.05, 4.69) is 19.2 Å². The van der Waals surface area contributed by atoms with Gasteiger partial charge in [-0.25, -0.2) is 4.89 Å². The molecule has 0 aromatic heterocycles. The van der Waals surface area contributed by atoms with Gasteiger partial charge < -0.3 is 141 Å². The topological polar surface area (TPSA) is 401 Å². The van der Waals surface area contributed by atoms with E-state index in [9.17, 15) is 27.6 Å². The van der Waals surface area contributed by atoms with E-state index in [4.69, 9.17) is 145 Å². The molecule has 0 heterocycles. The molecule has 45 heteroatoms. The van der Waals surface area contributed by atoms with Crippen LogP contribution in [-0.2, 0) is 173 Å². The second-order valence-corrected chi connectivity index (χ2v) is 48.5. The van der Waals surface area contributed by atoms with E-state index in [-0.39, 0.29) is 118 Å². The zero-order valence-electron chi connectivity index (χ0n) is 89.3. The highest BCUT2D eigenvalue weighted by atomic mass is 33.1. The van der Waals surface area contributed by atoms with Crippen molar-refractivity contribution in [2.75, 3.05) is 382 Å². The van der Waals surface area contributed by atoms with Crippen molar-refractivity contribution in [2.24, 2.45) is 23.7 Å². The molecule has 2 aliphatic rings. The maximum absolute atomic E-state index is 12.7. The number of amides is 1. The molecule has 143 heavy (non-hydrogen) atoms. The molecule has 0 radical (unpaired) electrons. The van der Waals surface area contributed by atoms with Crippen molar-refractivity contribution < 1.29 is 173 Å². The van der Waals surface area contributed by atoms with Gasteiger partial charge in [-0.05, 0) is 88.4 Å². The highest BCUT2D eigenvalue weighted by Gasteiger charge is 2.31. The summed E-state index contributed by atoms with van der Waals surface area (Å²) in [6.45, 7) is 27.7. The maximum Gasteiger partial charge on any atom is 0.355 e. The second kappa shape index (κ2) is 104. The summed E-state index contributed by atoms with van der Waals surface area (Å²) in [5, 5.41) is 3.16. The van der Waals surface area contributed by atoms with Gasteiger partial charge in [0.2, 0.25) is 5.91 Å². The lowest BCUT2D eigenvalue weighted by atomic mass is 9.77. The average molecular weight is 2200 g/mol. The van der Waals surface area contributed by atoms with Gasteiger partial charge in [-0.15, -0.1) is 4.67 Å². The van der Waals surface area contributed by atoms with E-state index in [1.165, 1.54) is 199 Å². The van der Waals surface area contributed by atoms with Crippen molar-refractivity contribution in [3.05, 3.63) is 0 Å². The van der Waals surface area contributed by atoms with Crippen molar-refractivity contribution in [3.8, 4) is 0 Å². The largest absolute Gasteiger partial charge is 0.377 e. The molecular weight excluding hydrogens is 2000 g/mol. The molecule has 854 valence electrons.